The van der Waals surface area contributed by atoms with Gasteiger partial charge in [0.2, 0.25) is 0 Å². The summed E-state index contributed by atoms with van der Waals surface area (Å²) < 4.78 is 26.5. The maximum Gasteiger partial charge on any atom is 0.260 e. The van der Waals surface area contributed by atoms with Gasteiger partial charge in [0.15, 0.2) is 5.03 Å². The fourth-order valence-electron chi connectivity index (χ4n) is 2.37. The molecule has 1 aromatic heterocycles. The van der Waals surface area contributed by atoms with Gasteiger partial charge in [0, 0.05) is 24.8 Å². The number of piperidine rings is 1. The summed E-state index contributed by atoms with van der Waals surface area (Å²) in [5.41, 5.74) is 5.91. The summed E-state index contributed by atoms with van der Waals surface area (Å²) in [6.45, 7) is 2.39. The first-order chi connectivity index (χ1) is 8.53. The molecule has 1 aliphatic rings. The number of nitrogens with two attached hydrogens (primary N) is 1. The van der Waals surface area contributed by atoms with E-state index in [9.17, 15) is 8.42 Å². The van der Waals surface area contributed by atoms with E-state index < -0.39 is 10.0 Å². The highest BCUT2D eigenvalue weighted by Gasteiger charge is 2.35. The van der Waals surface area contributed by atoms with Crippen LogP contribution in [0.4, 0.5) is 0 Å². The summed E-state index contributed by atoms with van der Waals surface area (Å²) in [6.07, 6.45) is 4.23. The van der Waals surface area contributed by atoms with E-state index in [1.54, 1.807) is 12.1 Å². The molecular formula is C12H19N3O2S. The number of sulfonamides is 1. The molecule has 0 aliphatic carbocycles. The van der Waals surface area contributed by atoms with Crippen LogP contribution in [0.15, 0.2) is 29.4 Å². The molecule has 0 aromatic carbocycles. The number of pyridine rings is 1. The van der Waals surface area contributed by atoms with Crippen LogP contribution in [-0.4, -0.2) is 36.3 Å². The van der Waals surface area contributed by atoms with Gasteiger partial charge in [-0.25, -0.2) is 13.4 Å². The highest BCUT2D eigenvalue weighted by Crippen LogP contribution is 2.25. The molecule has 2 unspecified atom stereocenters. The van der Waals surface area contributed by atoms with Gasteiger partial charge in [-0.1, -0.05) is 12.5 Å². The van der Waals surface area contributed by atoms with Gasteiger partial charge in [0.25, 0.3) is 10.0 Å². The number of aromatic nitrogens is 1. The van der Waals surface area contributed by atoms with Gasteiger partial charge >= 0.3 is 0 Å². The normalized spacial score (nSPS) is 23.8. The van der Waals surface area contributed by atoms with Crippen molar-refractivity contribution in [1.82, 2.24) is 9.29 Å². The van der Waals surface area contributed by atoms with Crippen molar-refractivity contribution in [3.05, 3.63) is 24.4 Å². The van der Waals surface area contributed by atoms with E-state index in [1.165, 1.54) is 16.6 Å². The molecule has 100 valence electrons. The molecule has 1 aliphatic heterocycles. The smallest absolute Gasteiger partial charge is 0.260 e. The highest BCUT2D eigenvalue weighted by atomic mass is 32.2. The van der Waals surface area contributed by atoms with Gasteiger partial charge in [-0.05, 0) is 31.9 Å². The van der Waals surface area contributed by atoms with E-state index in [1.807, 2.05) is 6.92 Å². The number of hydrogen-bond acceptors (Lipinski definition) is 4. The lowest BCUT2D eigenvalue weighted by atomic mass is 10.00. The maximum atomic E-state index is 12.5. The Morgan fingerprint density at radius 3 is 2.83 bits per heavy atom. The molecule has 2 atom stereocenters. The molecule has 5 nitrogen and oxygen atoms in total. The minimum atomic E-state index is -3.51. The van der Waals surface area contributed by atoms with Crippen LogP contribution in [-0.2, 0) is 10.0 Å². The van der Waals surface area contributed by atoms with E-state index in [2.05, 4.69) is 4.98 Å². The molecule has 18 heavy (non-hydrogen) atoms. The van der Waals surface area contributed by atoms with Crippen LogP contribution < -0.4 is 5.73 Å². The Bertz CT molecular complexity index is 487. The summed E-state index contributed by atoms with van der Waals surface area (Å²) in [5.74, 6) is 0. The van der Waals surface area contributed by atoms with Crippen molar-refractivity contribution in [3.8, 4) is 0 Å². The lowest BCUT2D eigenvalue weighted by molar-refractivity contribution is 0.227. The average molecular weight is 269 g/mol. The second kappa shape index (κ2) is 5.34. The van der Waals surface area contributed by atoms with Crippen LogP contribution in [0.3, 0.4) is 0 Å². The molecular weight excluding hydrogens is 250 g/mol. The summed E-state index contributed by atoms with van der Waals surface area (Å²) in [7, 11) is -3.51. The van der Waals surface area contributed by atoms with Gasteiger partial charge < -0.3 is 5.73 Å². The van der Waals surface area contributed by atoms with Gasteiger partial charge in [-0.3, -0.25) is 0 Å². The number of rotatable bonds is 3. The van der Waals surface area contributed by atoms with Crippen LogP contribution in [0.1, 0.15) is 26.2 Å². The molecule has 2 N–H and O–H groups in total. The van der Waals surface area contributed by atoms with E-state index in [4.69, 9.17) is 5.73 Å². The van der Waals surface area contributed by atoms with Gasteiger partial charge in [0.1, 0.15) is 0 Å². The standard InChI is InChI=1S/C12H19N3O2S/c1-10(13)11-6-3-5-9-15(11)18(16,17)12-7-2-4-8-14-12/h2,4,7-8,10-11H,3,5-6,9,13H2,1H3. The number of nitrogens with zero attached hydrogens (tertiary/aromatic N) is 2. The van der Waals surface area contributed by atoms with Crippen molar-refractivity contribution in [3.63, 3.8) is 0 Å². The second-order valence-electron chi connectivity index (χ2n) is 4.71. The Balaban J connectivity index is 2.34. The highest BCUT2D eigenvalue weighted by molar-refractivity contribution is 7.89. The molecule has 1 fully saturated rings. The van der Waals surface area contributed by atoms with E-state index in [0.717, 1.165) is 19.3 Å². The molecule has 0 radical (unpaired) electrons. The second-order valence-corrected chi connectivity index (χ2v) is 6.54. The lowest BCUT2D eigenvalue weighted by Crippen LogP contribution is -2.51. The third kappa shape index (κ3) is 2.55. The fourth-order valence-corrected chi connectivity index (χ4v) is 4.08. The molecule has 0 bridgehead atoms. The molecule has 0 saturated carbocycles. The molecule has 2 rings (SSSR count). The number of hydrogen-bond donors (Lipinski definition) is 1. The van der Waals surface area contributed by atoms with Crippen molar-refractivity contribution < 1.29 is 8.42 Å². The minimum absolute atomic E-state index is 0.109. The predicted octanol–water partition coefficient (Wildman–Crippen LogP) is 0.972. The molecule has 1 saturated heterocycles. The van der Waals surface area contributed by atoms with E-state index >= 15 is 0 Å². The Kier molecular flexibility index (Phi) is 3.99. The van der Waals surface area contributed by atoms with Crippen LogP contribution in [0.25, 0.3) is 0 Å². The Hall–Kier alpha value is -0.980. The van der Waals surface area contributed by atoms with Crippen LogP contribution in [0.2, 0.25) is 0 Å². The summed E-state index contributed by atoms with van der Waals surface area (Å²) >= 11 is 0. The minimum Gasteiger partial charge on any atom is -0.326 e. The molecule has 1 aromatic rings. The van der Waals surface area contributed by atoms with E-state index in [0.29, 0.717) is 6.54 Å². The van der Waals surface area contributed by atoms with Crippen LogP contribution in [0.5, 0.6) is 0 Å². The summed E-state index contributed by atoms with van der Waals surface area (Å²) in [5, 5.41) is 0.109. The Morgan fingerprint density at radius 1 is 1.44 bits per heavy atom. The summed E-state index contributed by atoms with van der Waals surface area (Å²) in [4.78, 5) is 3.95. The maximum absolute atomic E-state index is 12.5. The van der Waals surface area contributed by atoms with Gasteiger partial charge in [-0.15, -0.1) is 0 Å². The Labute approximate surface area is 108 Å². The zero-order chi connectivity index (χ0) is 13.2. The van der Waals surface area contributed by atoms with Crippen molar-refractivity contribution in [2.24, 2.45) is 5.73 Å². The van der Waals surface area contributed by atoms with Crippen molar-refractivity contribution in [2.45, 2.75) is 43.3 Å². The molecule has 0 spiro atoms. The van der Waals surface area contributed by atoms with Gasteiger partial charge in [0.05, 0.1) is 0 Å². The van der Waals surface area contributed by atoms with Crippen molar-refractivity contribution in [1.29, 1.82) is 0 Å². The zero-order valence-corrected chi connectivity index (χ0v) is 11.3. The van der Waals surface area contributed by atoms with Crippen LogP contribution >= 0.6 is 0 Å². The Morgan fingerprint density at radius 2 is 2.22 bits per heavy atom. The molecule has 2 heterocycles. The van der Waals surface area contributed by atoms with Crippen molar-refractivity contribution in [2.75, 3.05) is 6.54 Å². The third-order valence-corrected chi connectivity index (χ3v) is 5.16. The zero-order valence-electron chi connectivity index (χ0n) is 10.5. The van der Waals surface area contributed by atoms with Crippen molar-refractivity contribution >= 4 is 10.0 Å². The lowest BCUT2D eigenvalue weighted by Gasteiger charge is -2.36. The first-order valence-corrected chi connectivity index (χ1v) is 7.66. The first kappa shape index (κ1) is 13.5. The summed E-state index contributed by atoms with van der Waals surface area (Å²) in [6, 6.07) is 4.64. The first-order valence-electron chi connectivity index (χ1n) is 6.22. The topological polar surface area (TPSA) is 76.3 Å². The SMILES string of the molecule is CC(N)C1CCCCN1S(=O)(=O)c1ccccn1. The largest absolute Gasteiger partial charge is 0.326 e. The van der Waals surface area contributed by atoms with E-state index in [-0.39, 0.29) is 17.1 Å². The van der Waals surface area contributed by atoms with Crippen LogP contribution in [0, 0.1) is 0 Å². The molecule has 0 amide bonds. The molecule has 6 heteroatoms. The monoisotopic (exact) mass is 269 g/mol. The quantitative estimate of drug-likeness (QED) is 0.887. The average Bonchev–Trinajstić information content (AvgIpc) is 2.39. The fraction of sp³-hybridized carbons (Fsp3) is 0.583. The third-order valence-electron chi connectivity index (χ3n) is 3.32. The predicted molar refractivity (Wildman–Crippen MR) is 69.4 cm³/mol. The van der Waals surface area contributed by atoms with Gasteiger partial charge in [-0.2, -0.15) is 4.31 Å².